The van der Waals surface area contributed by atoms with Crippen molar-refractivity contribution >= 4 is 26.0 Å². The Hall–Kier alpha value is -1.15. The summed E-state index contributed by atoms with van der Waals surface area (Å²) < 4.78 is 32.1. The topological polar surface area (TPSA) is 79.5 Å². The van der Waals surface area contributed by atoms with Gasteiger partial charge in [0.1, 0.15) is 11.9 Å². The van der Waals surface area contributed by atoms with Gasteiger partial charge >= 0.3 is 0 Å². The zero-order valence-electron chi connectivity index (χ0n) is 10.5. The van der Waals surface area contributed by atoms with E-state index in [0.717, 1.165) is 0 Å². The molecule has 1 heterocycles. The van der Waals surface area contributed by atoms with Crippen LogP contribution in [0.5, 0.6) is 0 Å². The van der Waals surface area contributed by atoms with Crippen LogP contribution in [-0.2, 0) is 10.0 Å². The molecule has 1 aromatic heterocycles. The fourth-order valence-electron chi connectivity index (χ4n) is 1.69. The lowest BCUT2D eigenvalue weighted by atomic mass is 10.2. The quantitative estimate of drug-likeness (QED) is 0.829. The van der Waals surface area contributed by atoms with E-state index in [1.807, 2.05) is 0 Å². The highest BCUT2D eigenvalue weighted by molar-refractivity contribution is 9.10. The van der Waals surface area contributed by atoms with Crippen LogP contribution in [0.2, 0.25) is 0 Å². The van der Waals surface area contributed by atoms with Gasteiger partial charge < -0.3 is 9.52 Å². The van der Waals surface area contributed by atoms with Crippen molar-refractivity contribution < 1.29 is 17.9 Å². The maximum absolute atomic E-state index is 12.1. The van der Waals surface area contributed by atoms with E-state index < -0.39 is 16.1 Å². The summed E-state index contributed by atoms with van der Waals surface area (Å²) in [7, 11) is -3.59. The Kier molecular flexibility index (Phi) is 4.98. The molecule has 7 heteroatoms. The van der Waals surface area contributed by atoms with E-state index in [1.165, 1.54) is 12.3 Å². The molecule has 0 fully saturated rings. The molecular weight excluding hydrogens is 346 g/mol. The van der Waals surface area contributed by atoms with Crippen LogP contribution >= 0.6 is 15.9 Å². The summed E-state index contributed by atoms with van der Waals surface area (Å²) >= 11 is 3.20. The van der Waals surface area contributed by atoms with Crippen LogP contribution in [0.15, 0.2) is 56.4 Å². The normalized spacial score (nSPS) is 13.3. The van der Waals surface area contributed by atoms with Gasteiger partial charge in [-0.05, 0) is 46.6 Å². The lowest BCUT2D eigenvalue weighted by Gasteiger charge is -2.10. The van der Waals surface area contributed by atoms with Crippen LogP contribution < -0.4 is 4.72 Å². The van der Waals surface area contributed by atoms with Gasteiger partial charge in [-0.15, -0.1) is 0 Å². The van der Waals surface area contributed by atoms with Crippen molar-refractivity contribution in [2.75, 3.05) is 6.54 Å². The van der Waals surface area contributed by atoms with Gasteiger partial charge in [0.25, 0.3) is 0 Å². The summed E-state index contributed by atoms with van der Waals surface area (Å²) in [5.41, 5.74) is 0. The van der Waals surface area contributed by atoms with Crippen LogP contribution in [0.3, 0.4) is 0 Å². The molecule has 1 unspecified atom stereocenters. The Labute approximate surface area is 125 Å². The second-order valence-electron chi connectivity index (χ2n) is 4.15. The summed E-state index contributed by atoms with van der Waals surface area (Å²) in [6.45, 7) is 0.117. The summed E-state index contributed by atoms with van der Waals surface area (Å²) in [5, 5.41) is 9.79. The number of aliphatic hydroxyl groups excluding tert-OH is 1. The summed E-state index contributed by atoms with van der Waals surface area (Å²) in [6.07, 6.45) is 0.869. The van der Waals surface area contributed by atoms with Crippen molar-refractivity contribution in [2.24, 2.45) is 0 Å². The average Bonchev–Trinajstić information content (AvgIpc) is 2.92. The molecule has 0 saturated heterocycles. The van der Waals surface area contributed by atoms with Gasteiger partial charge in [-0.3, -0.25) is 0 Å². The molecule has 0 bridgehead atoms. The molecule has 5 nitrogen and oxygen atoms in total. The maximum Gasteiger partial charge on any atom is 0.241 e. The fourth-order valence-corrected chi connectivity index (χ4v) is 3.74. The van der Waals surface area contributed by atoms with Gasteiger partial charge in [-0.25, -0.2) is 13.1 Å². The van der Waals surface area contributed by atoms with E-state index in [1.54, 1.807) is 30.3 Å². The van der Waals surface area contributed by atoms with Crippen molar-refractivity contribution in [2.45, 2.75) is 17.4 Å². The highest BCUT2D eigenvalue weighted by atomic mass is 79.9. The minimum absolute atomic E-state index is 0.117. The summed E-state index contributed by atoms with van der Waals surface area (Å²) in [6, 6.07) is 9.87. The Balaban J connectivity index is 1.95. The summed E-state index contributed by atoms with van der Waals surface area (Å²) in [5.74, 6) is 0.421. The number of benzene rings is 1. The molecule has 0 saturated carbocycles. The highest BCUT2D eigenvalue weighted by Gasteiger charge is 2.18. The largest absolute Gasteiger partial charge is 0.467 e. The van der Waals surface area contributed by atoms with Crippen LogP contribution in [0.4, 0.5) is 0 Å². The Morgan fingerprint density at radius 3 is 2.65 bits per heavy atom. The maximum atomic E-state index is 12.1. The number of hydrogen-bond acceptors (Lipinski definition) is 4. The van der Waals surface area contributed by atoms with Crippen LogP contribution in [0, 0.1) is 0 Å². The SMILES string of the molecule is O=S(=O)(NCCC(O)c1ccco1)c1ccccc1Br. The molecule has 0 amide bonds. The van der Waals surface area contributed by atoms with E-state index in [-0.39, 0.29) is 17.9 Å². The molecular formula is C13H14BrNO4S. The summed E-state index contributed by atoms with van der Waals surface area (Å²) in [4.78, 5) is 0.174. The molecule has 1 aromatic carbocycles. The van der Waals surface area contributed by atoms with E-state index in [9.17, 15) is 13.5 Å². The first-order chi connectivity index (χ1) is 9.50. The molecule has 0 spiro atoms. The van der Waals surface area contributed by atoms with Crippen LogP contribution in [0.25, 0.3) is 0 Å². The second kappa shape index (κ2) is 6.53. The molecule has 0 aliphatic rings. The molecule has 108 valence electrons. The first-order valence-electron chi connectivity index (χ1n) is 5.96. The monoisotopic (exact) mass is 359 g/mol. The number of halogens is 1. The third kappa shape index (κ3) is 3.69. The van der Waals surface area contributed by atoms with Crippen molar-refractivity contribution in [1.82, 2.24) is 4.72 Å². The first-order valence-corrected chi connectivity index (χ1v) is 8.24. The van der Waals surface area contributed by atoms with Crippen molar-refractivity contribution in [3.8, 4) is 0 Å². The van der Waals surface area contributed by atoms with Crippen molar-refractivity contribution in [1.29, 1.82) is 0 Å². The number of hydrogen-bond donors (Lipinski definition) is 2. The lowest BCUT2D eigenvalue weighted by Crippen LogP contribution is -2.26. The van der Waals surface area contributed by atoms with E-state index >= 15 is 0 Å². The molecule has 0 radical (unpaired) electrons. The Morgan fingerprint density at radius 2 is 2.00 bits per heavy atom. The minimum atomic E-state index is -3.59. The first kappa shape index (κ1) is 15.2. The van der Waals surface area contributed by atoms with Gasteiger partial charge in [0.2, 0.25) is 10.0 Å². The molecule has 2 aromatic rings. The second-order valence-corrected chi connectivity index (χ2v) is 6.74. The zero-order chi connectivity index (χ0) is 14.6. The highest BCUT2D eigenvalue weighted by Crippen LogP contribution is 2.21. The fraction of sp³-hybridized carbons (Fsp3) is 0.231. The van der Waals surface area contributed by atoms with E-state index in [4.69, 9.17) is 4.42 Å². The van der Waals surface area contributed by atoms with E-state index in [2.05, 4.69) is 20.7 Å². The predicted molar refractivity (Wildman–Crippen MR) is 77.6 cm³/mol. The molecule has 2 rings (SSSR count). The van der Waals surface area contributed by atoms with Gasteiger partial charge in [0, 0.05) is 11.0 Å². The molecule has 0 aliphatic carbocycles. The Bertz CT molecular complexity index is 655. The zero-order valence-corrected chi connectivity index (χ0v) is 12.9. The van der Waals surface area contributed by atoms with E-state index in [0.29, 0.717) is 10.2 Å². The number of rotatable bonds is 6. The number of furan rings is 1. The third-order valence-corrected chi connectivity index (χ3v) is 5.18. The minimum Gasteiger partial charge on any atom is -0.467 e. The number of nitrogens with one attached hydrogen (secondary N) is 1. The molecule has 1 atom stereocenters. The van der Waals surface area contributed by atoms with Crippen molar-refractivity contribution in [3.63, 3.8) is 0 Å². The van der Waals surface area contributed by atoms with Gasteiger partial charge in [-0.2, -0.15) is 0 Å². The lowest BCUT2D eigenvalue weighted by molar-refractivity contribution is 0.142. The van der Waals surface area contributed by atoms with Crippen LogP contribution in [-0.4, -0.2) is 20.1 Å². The van der Waals surface area contributed by atoms with Crippen LogP contribution in [0.1, 0.15) is 18.3 Å². The number of sulfonamides is 1. The standard InChI is InChI=1S/C13H14BrNO4S/c14-10-4-1-2-6-13(10)20(17,18)15-8-7-11(16)12-5-3-9-19-12/h1-6,9,11,15-16H,7-8H2. The number of aliphatic hydroxyl groups is 1. The average molecular weight is 360 g/mol. The molecule has 20 heavy (non-hydrogen) atoms. The van der Waals surface area contributed by atoms with Gasteiger partial charge in [-0.1, -0.05) is 12.1 Å². The molecule has 0 aliphatic heterocycles. The third-order valence-electron chi connectivity index (χ3n) is 2.71. The smallest absolute Gasteiger partial charge is 0.241 e. The van der Waals surface area contributed by atoms with Gasteiger partial charge in [0.15, 0.2) is 0 Å². The molecule has 2 N–H and O–H groups in total. The van der Waals surface area contributed by atoms with Gasteiger partial charge in [0.05, 0.1) is 11.2 Å². The Morgan fingerprint density at radius 1 is 1.25 bits per heavy atom. The van der Waals surface area contributed by atoms with Crippen molar-refractivity contribution in [3.05, 3.63) is 52.9 Å². The predicted octanol–water partition coefficient (Wildman–Crippen LogP) is 2.44.